The van der Waals surface area contributed by atoms with E-state index in [1.165, 1.54) is 7.11 Å². The maximum Gasteiger partial charge on any atom is 0.416 e. The van der Waals surface area contributed by atoms with Crippen LogP contribution in [-0.4, -0.2) is 36.2 Å². The lowest BCUT2D eigenvalue weighted by molar-refractivity contribution is 0.122. The van der Waals surface area contributed by atoms with E-state index in [2.05, 4.69) is 10.6 Å². The number of benzene rings is 3. The van der Waals surface area contributed by atoms with E-state index in [-0.39, 0.29) is 24.2 Å². The van der Waals surface area contributed by atoms with E-state index in [0.29, 0.717) is 34.6 Å². The Balaban J connectivity index is 1.24. The zero-order valence-electron chi connectivity index (χ0n) is 20.6. The molecule has 3 amide bonds. The first-order valence-corrected chi connectivity index (χ1v) is 13.1. The van der Waals surface area contributed by atoms with Gasteiger partial charge in [-0.25, -0.2) is 9.59 Å². The Bertz CT molecular complexity index is 1400. The molecule has 0 saturated carbocycles. The monoisotopic (exact) mass is 552 g/mol. The fraction of sp³-hybridized carbons (Fsp3) is 0.185. The predicted molar refractivity (Wildman–Crippen MR) is 147 cm³/mol. The van der Waals surface area contributed by atoms with Crippen molar-refractivity contribution in [1.82, 2.24) is 10.2 Å². The van der Waals surface area contributed by atoms with Crippen LogP contribution in [0.15, 0.2) is 78.0 Å². The minimum atomic E-state index is -0.381. The summed E-state index contributed by atoms with van der Waals surface area (Å²) in [6.45, 7) is 2.35. The normalized spacial score (nSPS) is 15.1. The molecular weight excluding hydrogens is 528 g/mol. The molecule has 2 heterocycles. The van der Waals surface area contributed by atoms with Gasteiger partial charge >= 0.3 is 12.1 Å². The molecular formula is C27H25ClN4O5S. The molecule has 0 bridgehead atoms. The largest absolute Gasteiger partial charge is 0.495 e. The van der Waals surface area contributed by atoms with E-state index in [1.54, 1.807) is 48.0 Å². The van der Waals surface area contributed by atoms with E-state index in [4.69, 9.17) is 25.8 Å². The van der Waals surface area contributed by atoms with Crippen LogP contribution in [0.2, 0.25) is 5.02 Å². The highest BCUT2D eigenvalue weighted by Crippen LogP contribution is 2.49. The van der Waals surface area contributed by atoms with Gasteiger partial charge in [-0.2, -0.15) is 0 Å². The van der Waals surface area contributed by atoms with Crippen LogP contribution in [0.3, 0.4) is 0 Å². The number of ether oxygens (including phenoxy) is 3. The third-order valence-corrected chi connectivity index (χ3v) is 7.39. The Kier molecular flexibility index (Phi) is 7.52. The van der Waals surface area contributed by atoms with E-state index in [9.17, 15) is 9.59 Å². The van der Waals surface area contributed by atoms with Gasteiger partial charge in [0.2, 0.25) is 0 Å². The molecule has 0 aliphatic carbocycles. The zero-order valence-corrected chi connectivity index (χ0v) is 22.2. The van der Waals surface area contributed by atoms with Gasteiger partial charge in [-0.05, 0) is 43.3 Å². The molecule has 3 aromatic carbocycles. The number of methoxy groups -OCH3 is 1. The van der Waals surface area contributed by atoms with E-state index in [0.717, 1.165) is 16.1 Å². The lowest BCUT2D eigenvalue weighted by Gasteiger charge is -2.23. The average Bonchev–Trinajstić information content (AvgIpc) is 3.48. The second kappa shape index (κ2) is 11.2. The topological polar surface area (TPSA) is 92.4 Å². The molecule has 1 atom stereocenters. The van der Waals surface area contributed by atoms with Gasteiger partial charge in [0.1, 0.15) is 17.2 Å². The second-order valence-corrected chi connectivity index (χ2v) is 9.76. The molecule has 196 valence electrons. The van der Waals surface area contributed by atoms with Gasteiger partial charge in [-0.1, -0.05) is 41.6 Å². The third kappa shape index (κ3) is 5.32. The number of nitrogens with one attached hydrogen (secondary N) is 2. The lowest BCUT2D eigenvalue weighted by Crippen LogP contribution is -2.37. The lowest BCUT2D eigenvalue weighted by atomic mass is 10.2. The molecule has 3 aromatic rings. The summed E-state index contributed by atoms with van der Waals surface area (Å²) < 4.78 is 16.5. The van der Waals surface area contributed by atoms with Crippen LogP contribution in [0, 0.1) is 0 Å². The molecule has 2 aliphatic rings. The molecule has 0 aromatic heterocycles. The first kappa shape index (κ1) is 25.6. The molecule has 0 fully saturated rings. The molecule has 38 heavy (non-hydrogen) atoms. The van der Waals surface area contributed by atoms with Crippen molar-refractivity contribution in [2.75, 3.05) is 23.9 Å². The van der Waals surface area contributed by atoms with Crippen LogP contribution in [0.5, 0.6) is 17.2 Å². The van der Waals surface area contributed by atoms with Crippen molar-refractivity contribution in [3.8, 4) is 17.2 Å². The van der Waals surface area contributed by atoms with Crippen LogP contribution in [0.25, 0.3) is 0 Å². The number of para-hydroxylation sites is 1. The van der Waals surface area contributed by atoms with Gasteiger partial charge in [0.25, 0.3) is 0 Å². The smallest absolute Gasteiger partial charge is 0.416 e. The highest BCUT2D eigenvalue weighted by molar-refractivity contribution is 8.00. The highest BCUT2D eigenvalue weighted by atomic mass is 35.5. The van der Waals surface area contributed by atoms with Crippen molar-refractivity contribution in [2.45, 2.75) is 23.9 Å². The van der Waals surface area contributed by atoms with Gasteiger partial charge in [-0.3, -0.25) is 4.90 Å². The zero-order chi connectivity index (χ0) is 26.6. The second-order valence-electron chi connectivity index (χ2n) is 8.25. The van der Waals surface area contributed by atoms with Crippen LogP contribution < -0.4 is 25.0 Å². The number of hydrogen-bond donors (Lipinski definition) is 2. The number of anilines is 2. The fourth-order valence-electron chi connectivity index (χ4n) is 4.03. The summed E-state index contributed by atoms with van der Waals surface area (Å²) in [5.41, 5.74) is 2.06. The maximum atomic E-state index is 12.5. The summed E-state index contributed by atoms with van der Waals surface area (Å²) in [5, 5.41) is 6.01. The van der Waals surface area contributed by atoms with Crippen LogP contribution in [-0.2, 0) is 11.3 Å². The number of urea groups is 1. The Morgan fingerprint density at radius 1 is 1.05 bits per heavy atom. The minimum Gasteiger partial charge on any atom is -0.495 e. The van der Waals surface area contributed by atoms with Crippen molar-refractivity contribution >= 4 is 46.9 Å². The molecule has 0 radical (unpaired) electrons. The standard InChI is InChI=1S/C27H25ClN4O5S/c1-3-36-27(34)32-13-12-31-21-15-19(9-11-24(21)38-26(31)32)37-22-7-5-4-6-17(22)16-29-25(33)30-18-8-10-23(35-2)20(28)14-18/h4-15,26H,3,16H2,1-2H3,(H2,29,30,33). The summed E-state index contributed by atoms with van der Waals surface area (Å²) in [4.78, 5) is 29.4. The first-order valence-electron chi connectivity index (χ1n) is 11.8. The predicted octanol–water partition coefficient (Wildman–Crippen LogP) is 6.60. The number of thioether (sulfide) groups is 1. The van der Waals surface area contributed by atoms with Crippen LogP contribution in [0.1, 0.15) is 12.5 Å². The third-order valence-electron chi connectivity index (χ3n) is 5.83. The Morgan fingerprint density at radius 3 is 2.68 bits per heavy atom. The van der Waals surface area contributed by atoms with Gasteiger partial charge in [0.05, 0.1) is 24.4 Å². The van der Waals surface area contributed by atoms with Crippen LogP contribution in [0.4, 0.5) is 21.0 Å². The molecule has 1 unspecified atom stereocenters. The number of fused-ring (bicyclic) bond motifs is 3. The molecule has 5 rings (SSSR count). The minimum absolute atomic E-state index is 0.227. The number of carbonyl (C=O) groups excluding carboxylic acids is 2. The summed E-state index contributed by atoms with van der Waals surface area (Å²) >= 11 is 7.70. The highest BCUT2D eigenvalue weighted by Gasteiger charge is 2.39. The first-order chi connectivity index (χ1) is 18.5. The van der Waals surface area contributed by atoms with Gasteiger partial charge < -0.3 is 29.7 Å². The number of carbonyl (C=O) groups is 2. The number of hydrogen-bond acceptors (Lipinski definition) is 7. The summed E-state index contributed by atoms with van der Waals surface area (Å²) in [7, 11) is 1.53. The Hall–Kier alpha value is -4.02. The number of amides is 3. The molecule has 11 heteroatoms. The Labute approximate surface area is 229 Å². The van der Waals surface area contributed by atoms with Crippen molar-refractivity contribution in [2.24, 2.45) is 0 Å². The van der Waals surface area contributed by atoms with E-state index in [1.807, 2.05) is 53.6 Å². The fourth-order valence-corrected chi connectivity index (χ4v) is 5.52. The van der Waals surface area contributed by atoms with E-state index < -0.39 is 0 Å². The Morgan fingerprint density at radius 2 is 1.89 bits per heavy atom. The number of rotatable bonds is 7. The summed E-state index contributed by atoms with van der Waals surface area (Å²) in [5.74, 6) is 1.78. The molecule has 2 N–H and O–H groups in total. The average molecular weight is 553 g/mol. The van der Waals surface area contributed by atoms with Gasteiger partial charge in [0, 0.05) is 41.2 Å². The van der Waals surface area contributed by atoms with Gasteiger partial charge in [-0.15, -0.1) is 0 Å². The van der Waals surface area contributed by atoms with E-state index >= 15 is 0 Å². The quantitative estimate of drug-likeness (QED) is 0.341. The van der Waals surface area contributed by atoms with Crippen molar-refractivity contribution in [1.29, 1.82) is 0 Å². The maximum absolute atomic E-state index is 12.5. The molecule has 0 saturated heterocycles. The van der Waals surface area contributed by atoms with Crippen molar-refractivity contribution in [3.63, 3.8) is 0 Å². The number of halogens is 1. The summed E-state index contributed by atoms with van der Waals surface area (Å²) in [6.07, 6.45) is 3.20. The van der Waals surface area contributed by atoms with Gasteiger partial charge in [0.15, 0.2) is 5.50 Å². The van der Waals surface area contributed by atoms with Crippen LogP contribution >= 0.6 is 23.4 Å². The van der Waals surface area contributed by atoms with Crippen molar-refractivity contribution < 1.29 is 23.8 Å². The number of nitrogens with zero attached hydrogens (tertiary/aromatic N) is 2. The summed E-state index contributed by atoms with van der Waals surface area (Å²) in [6, 6.07) is 17.9. The molecule has 0 spiro atoms. The molecule has 2 aliphatic heterocycles. The molecule has 9 nitrogen and oxygen atoms in total. The van der Waals surface area contributed by atoms with Crippen molar-refractivity contribution in [3.05, 3.63) is 83.6 Å². The SMILES string of the molecule is CCOC(=O)N1C=CN2c3cc(Oc4ccccc4CNC(=O)Nc4ccc(OC)c(Cl)c4)ccc3SC12.